The molecule has 0 spiro atoms. The molecule has 0 saturated carbocycles. The minimum absolute atomic E-state index is 0.221. The zero-order valence-corrected chi connectivity index (χ0v) is 16.6. The second-order valence-corrected chi connectivity index (χ2v) is 6.74. The Kier molecular flexibility index (Phi) is 5.22. The van der Waals surface area contributed by atoms with Crippen molar-refractivity contribution in [1.29, 1.82) is 0 Å². The Morgan fingerprint density at radius 3 is 2.43 bits per heavy atom. The van der Waals surface area contributed by atoms with Crippen LogP contribution in [0.25, 0.3) is 11.0 Å². The van der Waals surface area contributed by atoms with E-state index in [-0.39, 0.29) is 11.7 Å². The number of carbonyl (C=O) groups is 2. The number of furan rings is 1. The van der Waals surface area contributed by atoms with Crippen LogP contribution in [-0.2, 0) is 0 Å². The summed E-state index contributed by atoms with van der Waals surface area (Å²) in [6.07, 6.45) is 0. The summed E-state index contributed by atoms with van der Waals surface area (Å²) in [6.45, 7) is 1.84. The van der Waals surface area contributed by atoms with E-state index >= 15 is 0 Å². The molecular formula is C24H20N2O4. The number of ether oxygens (including phenoxy) is 1. The van der Waals surface area contributed by atoms with Crippen molar-refractivity contribution in [3.05, 3.63) is 89.7 Å². The molecule has 0 unspecified atom stereocenters. The summed E-state index contributed by atoms with van der Waals surface area (Å²) in [7, 11) is 1.56. The fourth-order valence-corrected chi connectivity index (χ4v) is 3.26. The Morgan fingerprint density at radius 1 is 0.867 bits per heavy atom. The van der Waals surface area contributed by atoms with Gasteiger partial charge in [-0.1, -0.05) is 36.4 Å². The van der Waals surface area contributed by atoms with E-state index in [4.69, 9.17) is 9.15 Å². The maximum Gasteiger partial charge on any atom is 0.291 e. The molecule has 2 amide bonds. The average molecular weight is 400 g/mol. The quantitative estimate of drug-likeness (QED) is 0.479. The van der Waals surface area contributed by atoms with Gasteiger partial charge in [0.2, 0.25) is 0 Å². The number of aryl methyl sites for hydroxylation is 1. The lowest BCUT2D eigenvalue weighted by atomic mass is 10.1. The minimum atomic E-state index is -0.412. The Labute approximate surface area is 173 Å². The molecule has 150 valence electrons. The normalized spacial score (nSPS) is 10.6. The van der Waals surface area contributed by atoms with Gasteiger partial charge in [-0.15, -0.1) is 0 Å². The molecule has 6 nitrogen and oxygen atoms in total. The van der Waals surface area contributed by atoms with Gasteiger partial charge >= 0.3 is 0 Å². The zero-order valence-electron chi connectivity index (χ0n) is 16.6. The molecule has 0 aliphatic heterocycles. The summed E-state index contributed by atoms with van der Waals surface area (Å²) in [5.41, 5.74) is 2.71. The Morgan fingerprint density at radius 2 is 1.63 bits per heavy atom. The number of carbonyl (C=O) groups excluding carboxylic acids is 2. The number of rotatable bonds is 5. The topological polar surface area (TPSA) is 80.6 Å². The maximum absolute atomic E-state index is 12.9. The highest BCUT2D eigenvalue weighted by atomic mass is 16.5. The number of benzene rings is 3. The Hall–Kier alpha value is -4.06. The third kappa shape index (κ3) is 3.75. The molecule has 2 N–H and O–H groups in total. The smallest absolute Gasteiger partial charge is 0.291 e. The summed E-state index contributed by atoms with van der Waals surface area (Å²) >= 11 is 0. The summed E-state index contributed by atoms with van der Waals surface area (Å²) in [5, 5.41) is 6.51. The first-order valence-electron chi connectivity index (χ1n) is 9.40. The number of methoxy groups -OCH3 is 1. The van der Waals surface area contributed by atoms with E-state index in [1.807, 2.05) is 31.2 Å². The third-order valence-corrected chi connectivity index (χ3v) is 4.80. The SMILES string of the molecule is COc1cccc(NC(=O)c2ccccc2NC(=O)c2oc3ccccc3c2C)c1. The van der Waals surface area contributed by atoms with Gasteiger partial charge in [0.05, 0.1) is 18.4 Å². The van der Waals surface area contributed by atoms with Crippen molar-refractivity contribution >= 4 is 34.2 Å². The fourth-order valence-electron chi connectivity index (χ4n) is 3.26. The molecule has 0 aliphatic rings. The highest BCUT2D eigenvalue weighted by Gasteiger charge is 2.20. The van der Waals surface area contributed by atoms with Crippen molar-refractivity contribution < 1.29 is 18.7 Å². The van der Waals surface area contributed by atoms with Crippen LogP contribution in [0, 0.1) is 6.92 Å². The average Bonchev–Trinajstić information content (AvgIpc) is 3.11. The molecule has 0 aliphatic carbocycles. The molecule has 4 aromatic rings. The molecule has 0 radical (unpaired) electrons. The first-order valence-corrected chi connectivity index (χ1v) is 9.40. The van der Waals surface area contributed by atoms with Crippen LogP contribution in [0.15, 0.2) is 77.2 Å². The fraction of sp³-hybridized carbons (Fsp3) is 0.0833. The number of para-hydroxylation sites is 2. The van der Waals surface area contributed by atoms with Gasteiger partial charge in [-0.2, -0.15) is 0 Å². The van der Waals surface area contributed by atoms with Crippen molar-refractivity contribution in [1.82, 2.24) is 0 Å². The second-order valence-electron chi connectivity index (χ2n) is 6.74. The van der Waals surface area contributed by atoms with Crippen molar-refractivity contribution in [2.24, 2.45) is 0 Å². The lowest BCUT2D eigenvalue weighted by Crippen LogP contribution is -2.18. The molecule has 0 saturated heterocycles. The van der Waals surface area contributed by atoms with Gasteiger partial charge in [0.15, 0.2) is 5.76 Å². The van der Waals surface area contributed by atoms with Gasteiger partial charge in [-0.05, 0) is 37.3 Å². The molecule has 4 rings (SSSR count). The van der Waals surface area contributed by atoms with Gasteiger partial charge in [0.1, 0.15) is 11.3 Å². The first-order chi connectivity index (χ1) is 14.6. The van der Waals surface area contributed by atoms with Crippen LogP contribution in [0.4, 0.5) is 11.4 Å². The standard InChI is InChI=1S/C24H20N2O4/c1-15-18-10-4-6-13-21(18)30-22(15)24(28)26-20-12-5-3-11-19(20)23(27)25-16-8-7-9-17(14-16)29-2/h3-14H,1-2H3,(H,25,27)(H,26,28). The summed E-state index contributed by atoms with van der Waals surface area (Å²) < 4.78 is 10.9. The zero-order chi connectivity index (χ0) is 21.1. The van der Waals surface area contributed by atoms with Gasteiger partial charge < -0.3 is 19.8 Å². The van der Waals surface area contributed by atoms with Crippen molar-refractivity contribution in [2.75, 3.05) is 17.7 Å². The number of hydrogen-bond donors (Lipinski definition) is 2. The van der Waals surface area contributed by atoms with E-state index in [1.165, 1.54) is 0 Å². The minimum Gasteiger partial charge on any atom is -0.497 e. The lowest BCUT2D eigenvalue weighted by Gasteiger charge is -2.11. The summed E-state index contributed by atoms with van der Waals surface area (Å²) in [5.74, 6) is 0.0970. The van der Waals surface area contributed by atoms with Crippen LogP contribution in [-0.4, -0.2) is 18.9 Å². The van der Waals surface area contributed by atoms with E-state index in [0.29, 0.717) is 28.3 Å². The Bertz CT molecular complexity index is 1240. The monoisotopic (exact) mass is 400 g/mol. The number of amides is 2. The van der Waals surface area contributed by atoms with Gasteiger partial charge in [0.25, 0.3) is 11.8 Å². The molecule has 0 bridgehead atoms. The van der Waals surface area contributed by atoms with Gasteiger partial charge in [-0.25, -0.2) is 0 Å². The maximum atomic E-state index is 12.9. The van der Waals surface area contributed by atoms with Crippen molar-refractivity contribution in [3.8, 4) is 5.75 Å². The van der Waals surface area contributed by atoms with Gasteiger partial charge in [-0.3, -0.25) is 9.59 Å². The highest BCUT2D eigenvalue weighted by molar-refractivity contribution is 6.13. The van der Waals surface area contributed by atoms with E-state index in [2.05, 4.69) is 10.6 Å². The molecule has 1 heterocycles. The van der Waals surface area contributed by atoms with Crippen LogP contribution >= 0.6 is 0 Å². The Balaban J connectivity index is 1.58. The van der Waals surface area contributed by atoms with Crippen molar-refractivity contribution in [2.45, 2.75) is 6.92 Å². The third-order valence-electron chi connectivity index (χ3n) is 4.80. The molecule has 0 atom stereocenters. The van der Waals surface area contributed by atoms with Gasteiger partial charge in [0, 0.05) is 22.7 Å². The second kappa shape index (κ2) is 8.13. The number of hydrogen-bond acceptors (Lipinski definition) is 4. The first kappa shape index (κ1) is 19.3. The molecule has 1 aromatic heterocycles. The van der Waals surface area contributed by atoms with Crippen LogP contribution in [0.2, 0.25) is 0 Å². The predicted molar refractivity (Wildman–Crippen MR) is 116 cm³/mol. The van der Waals surface area contributed by atoms with E-state index < -0.39 is 5.91 Å². The molecule has 6 heteroatoms. The largest absolute Gasteiger partial charge is 0.497 e. The van der Waals surface area contributed by atoms with Crippen molar-refractivity contribution in [3.63, 3.8) is 0 Å². The predicted octanol–water partition coefficient (Wildman–Crippen LogP) is 5.25. The molecule has 30 heavy (non-hydrogen) atoms. The van der Waals surface area contributed by atoms with Crippen LogP contribution in [0.1, 0.15) is 26.5 Å². The number of nitrogens with one attached hydrogen (secondary N) is 2. The van der Waals surface area contributed by atoms with E-state index in [0.717, 1.165) is 10.9 Å². The number of fused-ring (bicyclic) bond motifs is 1. The van der Waals surface area contributed by atoms with Crippen LogP contribution < -0.4 is 15.4 Å². The molecule has 3 aromatic carbocycles. The van der Waals surface area contributed by atoms with E-state index in [1.54, 1.807) is 55.6 Å². The molecule has 0 fully saturated rings. The van der Waals surface area contributed by atoms with E-state index in [9.17, 15) is 9.59 Å². The summed E-state index contributed by atoms with van der Waals surface area (Å²) in [4.78, 5) is 25.7. The van der Waals surface area contributed by atoms with Crippen LogP contribution in [0.3, 0.4) is 0 Å². The lowest BCUT2D eigenvalue weighted by molar-refractivity contribution is 0.0998. The summed E-state index contributed by atoms with van der Waals surface area (Å²) in [6, 6.07) is 21.3. The number of anilines is 2. The highest BCUT2D eigenvalue weighted by Crippen LogP contribution is 2.26. The van der Waals surface area contributed by atoms with Crippen LogP contribution in [0.5, 0.6) is 5.75 Å². The molecular weight excluding hydrogens is 380 g/mol.